The Hall–Kier alpha value is -1.56. The van der Waals surface area contributed by atoms with E-state index in [0.29, 0.717) is 12.2 Å². The molecule has 112 valence electrons. The summed E-state index contributed by atoms with van der Waals surface area (Å²) in [6, 6.07) is 6.73. The van der Waals surface area contributed by atoms with Crippen molar-refractivity contribution in [3.63, 3.8) is 0 Å². The van der Waals surface area contributed by atoms with Crippen molar-refractivity contribution in [2.75, 3.05) is 4.90 Å². The minimum Gasteiger partial charge on any atom is -0.326 e. The molecule has 0 radical (unpaired) electrons. The Kier molecular flexibility index (Phi) is 5.56. The predicted molar refractivity (Wildman–Crippen MR) is 72.2 cm³/mol. The van der Waals surface area contributed by atoms with Gasteiger partial charge in [0.05, 0.1) is 6.42 Å². The van der Waals surface area contributed by atoms with Gasteiger partial charge >= 0.3 is 6.18 Å². The quantitative estimate of drug-likeness (QED) is 0.904. The van der Waals surface area contributed by atoms with E-state index in [1.54, 1.807) is 38.1 Å². The molecular formula is C14H19F3N2O. The van der Waals surface area contributed by atoms with Gasteiger partial charge in [0.15, 0.2) is 0 Å². The molecule has 0 fully saturated rings. The molecule has 0 aliphatic rings. The number of nitrogens with two attached hydrogens (primary N) is 1. The van der Waals surface area contributed by atoms with Crippen molar-refractivity contribution in [3.05, 3.63) is 29.8 Å². The normalized spacial score (nSPS) is 11.8. The van der Waals surface area contributed by atoms with Gasteiger partial charge in [0, 0.05) is 24.7 Å². The lowest BCUT2D eigenvalue weighted by atomic mass is 10.1. The molecular weight excluding hydrogens is 269 g/mol. The molecule has 0 aliphatic heterocycles. The second-order valence-electron chi connectivity index (χ2n) is 4.84. The fraction of sp³-hybridized carbons (Fsp3) is 0.500. The van der Waals surface area contributed by atoms with E-state index in [9.17, 15) is 18.0 Å². The van der Waals surface area contributed by atoms with Gasteiger partial charge in [-0.3, -0.25) is 4.79 Å². The van der Waals surface area contributed by atoms with Crippen LogP contribution >= 0.6 is 0 Å². The molecule has 0 bridgehead atoms. The molecule has 0 saturated heterocycles. The lowest BCUT2D eigenvalue weighted by molar-refractivity contribution is -0.143. The number of benzene rings is 1. The number of hydrogen-bond acceptors (Lipinski definition) is 2. The summed E-state index contributed by atoms with van der Waals surface area (Å²) < 4.78 is 36.6. The molecule has 3 nitrogen and oxygen atoms in total. The van der Waals surface area contributed by atoms with E-state index in [0.717, 1.165) is 5.56 Å². The molecule has 20 heavy (non-hydrogen) atoms. The number of carbonyl (C=O) groups is 1. The monoisotopic (exact) mass is 288 g/mol. The standard InChI is InChI=1S/C14H19F3N2O/c1-10(2)19(13(20)7-8-14(15,16)17)12-5-3-11(9-18)4-6-12/h3-6,10H,7-9,18H2,1-2H3. The molecule has 0 aromatic heterocycles. The number of alkyl halides is 3. The first-order valence-electron chi connectivity index (χ1n) is 6.42. The van der Waals surface area contributed by atoms with Crippen LogP contribution in [0.25, 0.3) is 0 Å². The van der Waals surface area contributed by atoms with E-state index in [1.807, 2.05) is 0 Å². The van der Waals surface area contributed by atoms with Gasteiger partial charge in [0.1, 0.15) is 0 Å². The summed E-state index contributed by atoms with van der Waals surface area (Å²) in [4.78, 5) is 13.4. The maximum atomic E-state index is 12.2. The van der Waals surface area contributed by atoms with E-state index >= 15 is 0 Å². The average molecular weight is 288 g/mol. The van der Waals surface area contributed by atoms with Crippen molar-refractivity contribution in [2.45, 2.75) is 45.5 Å². The first-order chi connectivity index (χ1) is 9.24. The van der Waals surface area contributed by atoms with Crippen molar-refractivity contribution in [3.8, 4) is 0 Å². The molecule has 2 N–H and O–H groups in total. The number of halogens is 3. The summed E-state index contributed by atoms with van der Waals surface area (Å²) >= 11 is 0. The van der Waals surface area contributed by atoms with E-state index in [-0.39, 0.29) is 6.04 Å². The lowest BCUT2D eigenvalue weighted by Crippen LogP contribution is -2.37. The molecule has 0 unspecified atom stereocenters. The third kappa shape index (κ3) is 4.85. The number of amides is 1. The summed E-state index contributed by atoms with van der Waals surface area (Å²) in [7, 11) is 0. The SMILES string of the molecule is CC(C)N(C(=O)CCC(F)(F)F)c1ccc(CN)cc1. The van der Waals surface area contributed by atoms with Crippen molar-refractivity contribution < 1.29 is 18.0 Å². The Labute approximate surface area is 116 Å². The van der Waals surface area contributed by atoms with Crippen molar-refractivity contribution in [1.82, 2.24) is 0 Å². The molecule has 0 spiro atoms. The summed E-state index contributed by atoms with van der Waals surface area (Å²) in [6.07, 6.45) is -5.96. The van der Waals surface area contributed by atoms with Crippen LogP contribution in [0.2, 0.25) is 0 Å². The van der Waals surface area contributed by atoms with Crippen molar-refractivity contribution in [1.29, 1.82) is 0 Å². The molecule has 0 aliphatic carbocycles. The maximum Gasteiger partial charge on any atom is 0.389 e. The summed E-state index contributed by atoms with van der Waals surface area (Å²) in [5.74, 6) is -0.530. The lowest BCUT2D eigenvalue weighted by Gasteiger charge is -2.27. The Balaban J connectivity index is 2.85. The first-order valence-corrected chi connectivity index (χ1v) is 6.42. The van der Waals surface area contributed by atoms with Crippen LogP contribution < -0.4 is 10.6 Å². The zero-order valence-electron chi connectivity index (χ0n) is 11.6. The van der Waals surface area contributed by atoms with Crippen molar-refractivity contribution >= 4 is 11.6 Å². The molecule has 1 aromatic rings. The summed E-state index contributed by atoms with van der Waals surface area (Å²) in [5.41, 5.74) is 6.98. The molecule has 0 heterocycles. The highest BCUT2D eigenvalue weighted by atomic mass is 19.4. The third-order valence-electron chi connectivity index (χ3n) is 2.86. The second-order valence-corrected chi connectivity index (χ2v) is 4.84. The molecule has 1 amide bonds. The smallest absolute Gasteiger partial charge is 0.326 e. The van der Waals surface area contributed by atoms with Gasteiger partial charge in [0.2, 0.25) is 5.91 Å². The van der Waals surface area contributed by atoms with Crippen LogP contribution in [-0.4, -0.2) is 18.1 Å². The Bertz CT molecular complexity index is 441. The van der Waals surface area contributed by atoms with E-state index in [1.165, 1.54) is 4.90 Å². The van der Waals surface area contributed by atoms with Crippen LogP contribution in [0.4, 0.5) is 18.9 Å². The fourth-order valence-corrected chi connectivity index (χ4v) is 1.89. The number of carbonyl (C=O) groups excluding carboxylic acids is 1. The van der Waals surface area contributed by atoms with Crippen molar-refractivity contribution in [2.24, 2.45) is 5.73 Å². The minimum atomic E-state index is -4.32. The zero-order valence-corrected chi connectivity index (χ0v) is 11.6. The minimum absolute atomic E-state index is 0.209. The number of nitrogens with zero attached hydrogens (tertiary/aromatic N) is 1. The van der Waals surface area contributed by atoms with Crippen LogP contribution in [0.1, 0.15) is 32.3 Å². The molecule has 6 heteroatoms. The Morgan fingerprint density at radius 1 is 1.25 bits per heavy atom. The highest BCUT2D eigenvalue weighted by Gasteiger charge is 2.30. The third-order valence-corrected chi connectivity index (χ3v) is 2.86. The van der Waals surface area contributed by atoms with Crippen LogP contribution in [0.15, 0.2) is 24.3 Å². The van der Waals surface area contributed by atoms with Crippen LogP contribution in [-0.2, 0) is 11.3 Å². The van der Waals surface area contributed by atoms with Gasteiger partial charge in [-0.1, -0.05) is 12.1 Å². The largest absolute Gasteiger partial charge is 0.389 e. The number of anilines is 1. The van der Waals surface area contributed by atoms with Gasteiger partial charge in [-0.05, 0) is 31.5 Å². The molecule has 1 rings (SSSR count). The number of hydrogen-bond donors (Lipinski definition) is 1. The Morgan fingerprint density at radius 2 is 1.80 bits per heavy atom. The second kappa shape index (κ2) is 6.74. The Morgan fingerprint density at radius 3 is 2.20 bits per heavy atom. The van der Waals surface area contributed by atoms with Gasteiger partial charge < -0.3 is 10.6 Å². The van der Waals surface area contributed by atoms with E-state index in [4.69, 9.17) is 5.73 Å². The number of rotatable bonds is 5. The van der Waals surface area contributed by atoms with Crippen LogP contribution in [0, 0.1) is 0 Å². The molecule has 1 aromatic carbocycles. The topological polar surface area (TPSA) is 46.3 Å². The first kappa shape index (κ1) is 16.5. The molecule has 0 saturated carbocycles. The van der Waals surface area contributed by atoms with Gasteiger partial charge in [0.25, 0.3) is 0 Å². The van der Waals surface area contributed by atoms with Gasteiger partial charge in [-0.25, -0.2) is 0 Å². The maximum absolute atomic E-state index is 12.2. The van der Waals surface area contributed by atoms with Crippen LogP contribution in [0.5, 0.6) is 0 Å². The van der Waals surface area contributed by atoms with Gasteiger partial charge in [-0.15, -0.1) is 0 Å². The van der Waals surface area contributed by atoms with Gasteiger partial charge in [-0.2, -0.15) is 13.2 Å². The molecule has 0 atom stereocenters. The predicted octanol–water partition coefficient (Wildman–Crippen LogP) is 3.23. The fourth-order valence-electron chi connectivity index (χ4n) is 1.89. The van der Waals surface area contributed by atoms with E-state index in [2.05, 4.69) is 0 Å². The zero-order chi connectivity index (χ0) is 15.3. The van der Waals surface area contributed by atoms with Crippen LogP contribution in [0.3, 0.4) is 0 Å². The highest BCUT2D eigenvalue weighted by molar-refractivity contribution is 5.93. The average Bonchev–Trinajstić information content (AvgIpc) is 2.36. The summed E-state index contributed by atoms with van der Waals surface area (Å²) in [5, 5.41) is 0. The van der Waals surface area contributed by atoms with E-state index < -0.39 is 24.9 Å². The highest BCUT2D eigenvalue weighted by Crippen LogP contribution is 2.24. The summed E-state index contributed by atoms with van der Waals surface area (Å²) in [6.45, 7) is 3.91.